The Hall–Kier alpha value is -2.37. The second-order valence-electron chi connectivity index (χ2n) is 5.98. The Morgan fingerprint density at radius 3 is 2.30 bits per heavy atom. The monoisotopic (exact) mass is 320 g/mol. The van der Waals surface area contributed by atoms with Crippen LogP contribution in [0.25, 0.3) is 10.9 Å². The van der Waals surface area contributed by atoms with Crippen LogP contribution in [0.1, 0.15) is 37.7 Å². The van der Waals surface area contributed by atoms with E-state index in [1.165, 1.54) is 0 Å². The summed E-state index contributed by atoms with van der Waals surface area (Å²) >= 11 is 0. The fourth-order valence-corrected chi connectivity index (χ4v) is 2.32. The summed E-state index contributed by atoms with van der Waals surface area (Å²) in [6.07, 6.45) is 0.833. The third-order valence-corrected chi connectivity index (χ3v) is 4.02. The number of hydrogen-bond acceptors (Lipinski definition) is 4. The zero-order valence-electron chi connectivity index (χ0n) is 14.5. The Labute approximate surface area is 136 Å². The van der Waals surface area contributed by atoms with Crippen molar-refractivity contribution in [1.82, 2.24) is 10.3 Å². The van der Waals surface area contributed by atoms with Crippen LogP contribution in [0, 0.1) is 0 Å². The van der Waals surface area contributed by atoms with E-state index in [0.717, 1.165) is 11.8 Å². The number of benzene rings is 1. The number of ether oxygens (including phenoxy) is 3. The van der Waals surface area contributed by atoms with E-state index in [2.05, 4.69) is 10.3 Å². The number of H-pyrrole nitrogens is 1. The summed E-state index contributed by atoms with van der Waals surface area (Å²) in [6, 6.07) is 3.50. The van der Waals surface area contributed by atoms with Crippen LogP contribution in [-0.4, -0.2) is 37.8 Å². The molecule has 23 heavy (non-hydrogen) atoms. The molecule has 0 saturated carbocycles. The van der Waals surface area contributed by atoms with Crippen LogP contribution in [0.2, 0.25) is 0 Å². The van der Waals surface area contributed by atoms with Crippen molar-refractivity contribution in [2.75, 3.05) is 21.3 Å². The number of methoxy groups -OCH3 is 3. The lowest BCUT2D eigenvalue weighted by Crippen LogP contribution is -2.42. The van der Waals surface area contributed by atoms with Crippen molar-refractivity contribution < 1.29 is 19.0 Å². The molecule has 0 saturated heterocycles. The maximum atomic E-state index is 12.5. The summed E-state index contributed by atoms with van der Waals surface area (Å²) in [5, 5.41) is 3.77. The fourth-order valence-electron chi connectivity index (χ4n) is 2.32. The maximum Gasteiger partial charge on any atom is 0.268 e. The van der Waals surface area contributed by atoms with Gasteiger partial charge in [-0.3, -0.25) is 4.79 Å². The molecular formula is C17H24N2O4. The van der Waals surface area contributed by atoms with E-state index in [1.54, 1.807) is 33.5 Å². The van der Waals surface area contributed by atoms with Crippen molar-refractivity contribution in [3.63, 3.8) is 0 Å². The third-order valence-electron chi connectivity index (χ3n) is 4.02. The minimum absolute atomic E-state index is 0.170. The van der Waals surface area contributed by atoms with Crippen molar-refractivity contribution in [3.8, 4) is 17.2 Å². The van der Waals surface area contributed by atoms with Gasteiger partial charge in [-0.15, -0.1) is 0 Å². The van der Waals surface area contributed by atoms with Crippen molar-refractivity contribution in [2.45, 2.75) is 32.7 Å². The van der Waals surface area contributed by atoms with Crippen LogP contribution in [0.4, 0.5) is 0 Å². The van der Waals surface area contributed by atoms with Gasteiger partial charge in [0.2, 0.25) is 0 Å². The van der Waals surface area contributed by atoms with Gasteiger partial charge in [0, 0.05) is 17.0 Å². The van der Waals surface area contributed by atoms with Gasteiger partial charge < -0.3 is 24.5 Å². The first-order valence-corrected chi connectivity index (χ1v) is 7.51. The lowest BCUT2D eigenvalue weighted by Gasteiger charge is -2.23. The zero-order chi connectivity index (χ0) is 17.2. The van der Waals surface area contributed by atoms with Crippen LogP contribution in [0.15, 0.2) is 12.1 Å². The number of amides is 1. The van der Waals surface area contributed by atoms with E-state index in [9.17, 15) is 4.79 Å². The summed E-state index contributed by atoms with van der Waals surface area (Å²) < 4.78 is 16.1. The summed E-state index contributed by atoms with van der Waals surface area (Å²) in [4.78, 5) is 15.6. The summed E-state index contributed by atoms with van der Waals surface area (Å²) in [5.74, 6) is 1.52. The van der Waals surface area contributed by atoms with Gasteiger partial charge >= 0.3 is 0 Å². The molecule has 0 bridgehead atoms. The number of aromatic nitrogens is 1. The average molecular weight is 320 g/mol. The molecule has 0 aliphatic carbocycles. The fraction of sp³-hybridized carbons (Fsp3) is 0.471. The van der Waals surface area contributed by atoms with Crippen LogP contribution in [-0.2, 0) is 0 Å². The van der Waals surface area contributed by atoms with E-state index >= 15 is 0 Å². The summed E-state index contributed by atoms with van der Waals surface area (Å²) in [5.41, 5.74) is 0.842. The molecule has 2 aromatic rings. The lowest BCUT2D eigenvalue weighted by molar-refractivity contribution is 0.0907. The van der Waals surface area contributed by atoms with Gasteiger partial charge in [-0.25, -0.2) is 0 Å². The third kappa shape index (κ3) is 3.21. The number of carbonyl (C=O) groups excluding carboxylic acids is 1. The molecule has 6 nitrogen and oxygen atoms in total. The van der Waals surface area contributed by atoms with Crippen LogP contribution in [0.3, 0.4) is 0 Å². The molecule has 6 heteroatoms. The molecule has 0 fully saturated rings. The first-order chi connectivity index (χ1) is 10.9. The topological polar surface area (TPSA) is 72.6 Å². The number of fused-ring (bicyclic) bond motifs is 1. The Kier molecular flexibility index (Phi) is 4.73. The molecule has 2 rings (SSSR count). The number of carbonyl (C=O) groups is 1. The maximum absolute atomic E-state index is 12.5. The highest BCUT2D eigenvalue weighted by Gasteiger charge is 2.23. The molecule has 0 radical (unpaired) electrons. The Bertz CT molecular complexity index is 719. The highest BCUT2D eigenvalue weighted by Crippen LogP contribution is 2.41. The number of aromatic amines is 1. The number of hydrogen-bond donors (Lipinski definition) is 2. The quantitative estimate of drug-likeness (QED) is 0.858. The second-order valence-corrected chi connectivity index (χ2v) is 5.98. The van der Waals surface area contributed by atoms with E-state index in [1.807, 2.05) is 20.8 Å². The minimum Gasteiger partial charge on any atom is -0.496 e. The molecule has 126 valence electrons. The number of rotatable bonds is 6. The molecule has 0 unspecified atom stereocenters. The lowest BCUT2D eigenvalue weighted by atomic mass is 10.0. The second kappa shape index (κ2) is 6.40. The molecule has 1 heterocycles. The average Bonchev–Trinajstić information content (AvgIpc) is 2.97. The Balaban J connectivity index is 2.55. The first-order valence-electron chi connectivity index (χ1n) is 7.51. The smallest absolute Gasteiger partial charge is 0.268 e. The molecule has 0 atom stereocenters. The first kappa shape index (κ1) is 17.0. The molecule has 2 N–H and O–H groups in total. The molecule has 1 aromatic carbocycles. The number of nitrogens with one attached hydrogen (secondary N) is 2. The van der Waals surface area contributed by atoms with Gasteiger partial charge in [0.05, 0.1) is 26.8 Å². The van der Waals surface area contributed by atoms with E-state index in [-0.39, 0.29) is 11.4 Å². The van der Waals surface area contributed by atoms with Gasteiger partial charge in [-0.05, 0) is 26.3 Å². The van der Waals surface area contributed by atoms with E-state index in [4.69, 9.17) is 14.2 Å². The van der Waals surface area contributed by atoms with Gasteiger partial charge in [0.15, 0.2) is 11.5 Å². The van der Waals surface area contributed by atoms with E-state index in [0.29, 0.717) is 28.5 Å². The van der Waals surface area contributed by atoms with Crippen molar-refractivity contribution in [2.24, 2.45) is 0 Å². The largest absolute Gasteiger partial charge is 0.496 e. The van der Waals surface area contributed by atoms with Crippen LogP contribution >= 0.6 is 0 Å². The van der Waals surface area contributed by atoms with Crippen LogP contribution < -0.4 is 19.5 Å². The predicted octanol–water partition coefficient (Wildman–Crippen LogP) is 3.11. The standard InChI is InChI=1S/C17H24N2O4/c1-7-17(2,3)19-16(20)11-8-10-12(21-4)9-13(22-5)15(23-6)14(10)18-11/h8-9,18H,7H2,1-6H3,(H,19,20). The van der Waals surface area contributed by atoms with Gasteiger partial charge in [0.1, 0.15) is 11.4 Å². The predicted molar refractivity (Wildman–Crippen MR) is 89.8 cm³/mol. The SMILES string of the molecule is CCC(C)(C)NC(=O)c1cc2c(OC)cc(OC)c(OC)c2[nH]1. The van der Waals surface area contributed by atoms with Gasteiger partial charge in [-0.2, -0.15) is 0 Å². The van der Waals surface area contributed by atoms with E-state index < -0.39 is 0 Å². The van der Waals surface area contributed by atoms with Gasteiger partial charge in [-0.1, -0.05) is 6.92 Å². The van der Waals surface area contributed by atoms with Crippen LogP contribution in [0.5, 0.6) is 17.2 Å². The summed E-state index contributed by atoms with van der Waals surface area (Å²) in [7, 11) is 4.70. The summed E-state index contributed by atoms with van der Waals surface area (Å²) in [6.45, 7) is 6.00. The minimum atomic E-state index is -0.278. The molecule has 1 amide bonds. The highest BCUT2D eigenvalue weighted by molar-refractivity contribution is 6.02. The molecule has 1 aromatic heterocycles. The Morgan fingerprint density at radius 2 is 1.78 bits per heavy atom. The van der Waals surface area contributed by atoms with Crippen molar-refractivity contribution >= 4 is 16.8 Å². The zero-order valence-corrected chi connectivity index (χ0v) is 14.5. The normalized spacial score (nSPS) is 11.4. The van der Waals surface area contributed by atoms with Crippen molar-refractivity contribution in [1.29, 1.82) is 0 Å². The highest BCUT2D eigenvalue weighted by atomic mass is 16.5. The molecule has 0 spiro atoms. The molecular weight excluding hydrogens is 296 g/mol. The van der Waals surface area contributed by atoms with Crippen molar-refractivity contribution in [3.05, 3.63) is 17.8 Å². The molecule has 0 aliphatic heterocycles. The van der Waals surface area contributed by atoms with Gasteiger partial charge in [0.25, 0.3) is 5.91 Å². The molecule has 0 aliphatic rings. The Morgan fingerprint density at radius 1 is 1.13 bits per heavy atom.